The van der Waals surface area contributed by atoms with E-state index in [2.05, 4.69) is 5.32 Å². The Morgan fingerprint density at radius 1 is 1.24 bits per heavy atom. The van der Waals surface area contributed by atoms with E-state index < -0.39 is 17.6 Å². The molecule has 0 aliphatic carbocycles. The topological polar surface area (TPSA) is 58.6 Å². The van der Waals surface area contributed by atoms with Gasteiger partial charge in [0.2, 0.25) is 0 Å². The van der Waals surface area contributed by atoms with Crippen LogP contribution in [-0.2, 0) is 4.74 Å². The molecule has 1 aromatic rings. The van der Waals surface area contributed by atoms with Gasteiger partial charge in [-0.15, -0.1) is 0 Å². The molecule has 2 aliphatic rings. The number of carbonyl (C=O) groups is 2. The van der Waals surface area contributed by atoms with Crippen LogP contribution in [-0.4, -0.2) is 49.6 Å². The number of hydrogen-bond donors (Lipinski definition) is 1. The molecule has 0 aromatic heterocycles. The van der Waals surface area contributed by atoms with Crippen LogP contribution in [0.4, 0.5) is 4.39 Å². The summed E-state index contributed by atoms with van der Waals surface area (Å²) in [5.41, 5.74) is 1.11. The molecule has 1 saturated heterocycles. The summed E-state index contributed by atoms with van der Waals surface area (Å²) in [6.07, 6.45) is 0. The first-order valence-corrected chi connectivity index (χ1v) is 6.78. The summed E-state index contributed by atoms with van der Waals surface area (Å²) in [4.78, 5) is 25.3. The molecular formula is C15H15FN2O3. The first kappa shape index (κ1) is 13.9. The van der Waals surface area contributed by atoms with Gasteiger partial charge in [-0.3, -0.25) is 14.5 Å². The highest BCUT2D eigenvalue weighted by Gasteiger charge is 2.35. The molecule has 0 unspecified atom stereocenters. The van der Waals surface area contributed by atoms with Gasteiger partial charge >= 0.3 is 0 Å². The van der Waals surface area contributed by atoms with Crippen molar-refractivity contribution in [2.45, 2.75) is 0 Å². The first-order valence-electron chi connectivity index (χ1n) is 6.78. The lowest BCUT2D eigenvalue weighted by molar-refractivity contribution is 0.0658. The van der Waals surface area contributed by atoms with Gasteiger partial charge in [0.15, 0.2) is 0 Å². The first-order chi connectivity index (χ1) is 10.2. The fourth-order valence-electron chi connectivity index (χ4n) is 2.44. The van der Waals surface area contributed by atoms with Gasteiger partial charge in [-0.2, -0.15) is 0 Å². The van der Waals surface area contributed by atoms with Gasteiger partial charge < -0.3 is 10.1 Å². The van der Waals surface area contributed by atoms with E-state index in [4.69, 9.17) is 4.74 Å². The summed E-state index contributed by atoms with van der Waals surface area (Å²) in [7, 11) is 0. The molecule has 1 N–H and O–H groups in total. The predicted molar refractivity (Wildman–Crippen MR) is 73.6 cm³/mol. The molecule has 6 heteroatoms. The van der Waals surface area contributed by atoms with Crippen LogP contribution in [0.5, 0.6) is 0 Å². The van der Waals surface area contributed by atoms with Gasteiger partial charge in [0.25, 0.3) is 11.8 Å². The Morgan fingerprint density at radius 2 is 1.90 bits per heavy atom. The lowest BCUT2D eigenvalue weighted by Gasteiger charge is -2.14. The molecule has 21 heavy (non-hydrogen) atoms. The maximum absolute atomic E-state index is 14.3. The van der Waals surface area contributed by atoms with Gasteiger partial charge in [0.05, 0.1) is 30.9 Å². The number of rotatable bonds is 2. The molecule has 1 fully saturated rings. The average molecular weight is 290 g/mol. The van der Waals surface area contributed by atoms with E-state index in [1.165, 1.54) is 0 Å². The number of fused-ring (bicyclic) bond motifs is 1. The molecule has 3 rings (SSSR count). The quantitative estimate of drug-likeness (QED) is 0.829. The van der Waals surface area contributed by atoms with Crippen molar-refractivity contribution in [1.82, 2.24) is 10.2 Å². The number of nitrogens with zero attached hydrogens (tertiary/aromatic N) is 1. The highest BCUT2D eigenvalue weighted by molar-refractivity contribution is 6.21. The van der Waals surface area contributed by atoms with Crippen molar-refractivity contribution >= 4 is 11.8 Å². The maximum Gasteiger partial charge on any atom is 0.261 e. The van der Waals surface area contributed by atoms with Crippen LogP contribution in [0.1, 0.15) is 20.7 Å². The average Bonchev–Trinajstić information content (AvgIpc) is 2.72. The number of imide groups is 1. The van der Waals surface area contributed by atoms with E-state index in [1.807, 2.05) is 0 Å². The smallest absolute Gasteiger partial charge is 0.261 e. The molecule has 5 nitrogen and oxygen atoms in total. The standard InChI is InChI=1S/C15H15FN2O3/c16-13(10-7-17-5-6-21-9-10)8-18-14(19)11-3-1-2-4-12(11)15(18)20/h1-4,17H,5-9H2/b13-10+. The highest BCUT2D eigenvalue weighted by atomic mass is 19.1. The molecule has 0 atom stereocenters. The second-order valence-electron chi connectivity index (χ2n) is 4.98. The molecule has 0 spiro atoms. The van der Waals surface area contributed by atoms with Crippen molar-refractivity contribution in [2.24, 2.45) is 0 Å². The normalized spacial score (nSPS) is 21.3. The van der Waals surface area contributed by atoms with Crippen LogP contribution in [0.2, 0.25) is 0 Å². The molecule has 0 saturated carbocycles. The van der Waals surface area contributed by atoms with Gasteiger partial charge in [-0.1, -0.05) is 12.1 Å². The van der Waals surface area contributed by atoms with Crippen LogP contribution in [0.3, 0.4) is 0 Å². The zero-order valence-corrected chi connectivity index (χ0v) is 11.4. The summed E-state index contributed by atoms with van der Waals surface area (Å²) < 4.78 is 19.6. The molecule has 2 heterocycles. The minimum atomic E-state index is -0.487. The van der Waals surface area contributed by atoms with Crippen molar-refractivity contribution < 1.29 is 18.7 Å². The van der Waals surface area contributed by atoms with Crippen molar-refractivity contribution in [2.75, 3.05) is 32.8 Å². The van der Waals surface area contributed by atoms with Crippen molar-refractivity contribution in [3.8, 4) is 0 Å². The summed E-state index contributed by atoms with van der Waals surface area (Å²) >= 11 is 0. The number of benzene rings is 1. The van der Waals surface area contributed by atoms with Crippen LogP contribution in [0, 0.1) is 0 Å². The highest BCUT2D eigenvalue weighted by Crippen LogP contribution is 2.24. The zero-order chi connectivity index (χ0) is 14.8. The number of nitrogens with one attached hydrogen (secondary N) is 1. The summed E-state index contributed by atoms with van der Waals surface area (Å²) in [6.45, 7) is 1.39. The maximum atomic E-state index is 14.3. The Morgan fingerprint density at radius 3 is 2.57 bits per heavy atom. The second-order valence-corrected chi connectivity index (χ2v) is 4.98. The third-order valence-corrected chi connectivity index (χ3v) is 3.60. The Hall–Kier alpha value is -2.05. The summed E-state index contributed by atoms with van der Waals surface area (Å²) in [6, 6.07) is 6.53. The molecule has 2 aliphatic heterocycles. The lowest BCUT2D eigenvalue weighted by Crippen LogP contribution is -2.32. The Balaban J connectivity index is 1.81. The number of carbonyl (C=O) groups excluding carboxylic acids is 2. The number of amides is 2. The molecular weight excluding hydrogens is 275 g/mol. The number of ether oxygens (including phenoxy) is 1. The monoisotopic (exact) mass is 290 g/mol. The van der Waals surface area contributed by atoms with E-state index in [-0.39, 0.29) is 13.2 Å². The third kappa shape index (κ3) is 2.59. The minimum absolute atomic E-state index is 0.183. The summed E-state index contributed by atoms with van der Waals surface area (Å²) in [5, 5.41) is 3.03. The van der Waals surface area contributed by atoms with Crippen LogP contribution in [0.15, 0.2) is 35.7 Å². The Bertz CT molecular complexity index is 582. The SMILES string of the molecule is O=C1c2ccccc2C(=O)N1C/C(F)=C1/CNCCOC1. The van der Waals surface area contributed by atoms with Crippen LogP contribution in [0.25, 0.3) is 0 Å². The zero-order valence-electron chi connectivity index (χ0n) is 11.4. The van der Waals surface area contributed by atoms with Gasteiger partial charge in [0, 0.05) is 18.7 Å². The van der Waals surface area contributed by atoms with Crippen LogP contribution >= 0.6 is 0 Å². The van der Waals surface area contributed by atoms with E-state index in [0.717, 1.165) is 4.90 Å². The number of halogens is 1. The fourth-order valence-corrected chi connectivity index (χ4v) is 2.44. The predicted octanol–water partition coefficient (Wildman–Crippen LogP) is 1.13. The van der Waals surface area contributed by atoms with E-state index in [0.29, 0.717) is 36.4 Å². The largest absolute Gasteiger partial charge is 0.376 e. The second kappa shape index (κ2) is 5.75. The molecule has 1 aromatic carbocycles. The van der Waals surface area contributed by atoms with Gasteiger partial charge in [0.1, 0.15) is 5.83 Å². The number of hydrogen-bond acceptors (Lipinski definition) is 4. The van der Waals surface area contributed by atoms with Crippen LogP contribution < -0.4 is 5.32 Å². The van der Waals surface area contributed by atoms with Gasteiger partial charge in [-0.25, -0.2) is 4.39 Å². The molecule has 2 amide bonds. The minimum Gasteiger partial charge on any atom is -0.376 e. The van der Waals surface area contributed by atoms with E-state index >= 15 is 0 Å². The Kier molecular flexibility index (Phi) is 3.81. The van der Waals surface area contributed by atoms with Gasteiger partial charge in [-0.05, 0) is 12.1 Å². The lowest BCUT2D eigenvalue weighted by atomic mass is 10.1. The van der Waals surface area contributed by atoms with Crippen molar-refractivity contribution in [3.63, 3.8) is 0 Å². The van der Waals surface area contributed by atoms with E-state index in [1.54, 1.807) is 24.3 Å². The summed E-state index contributed by atoms with van der Waals surface area (Å²) in [5.74, 6) is -1.39. The third-order valence-electron chi connectivity index (χ3n) is 3.60. The molecule has 0 radical (unpaired) electrons. The molecule has 0 bridgehead atoms. The Labute approximate surface area is 121 Å². The van der Waals surface area contributed by atoms with Crippen molar-refractivity contribution in [3.05, 3.63) is 46.8 Å². The van der Waals surface area contributed by atoms with E-state index in [9.17, 15) is 14.0 Å². The fraction of sp³-hybridized carbons (Fsp3) is 0.333. The molecule has 110 valence electrons. The van der Waals surface area contributed by atoms with Crippen molar-refractivity contribution in [1.29, 1.82) is 0 Å².